The number of carbonyl (C=O) groups is 1. The van der Waals surface area contributed by atoms with Crippen molar-refractivity contribution in [3.05, 3.63) is 59.0 Å². The molecule has 3 rings (SSSR count). The first kappa shape index (κ1) is 15.2. The predicted octanol–water partition coefficient (Wildman–Crippen LogP) is 3.91. The van der Waals surface area contributed by atoms with Gasteiger partial charge in [-0.05, 0) is 29.6 Å². The third-order valence-corrected chi connectivity index (χ3v) is 3.88. The van der Waals surface area contributed by atoms with E-state index in [0.717, 1.165) is 10.9 Å². The summed E-state index contributed by atoms with van der Waals surface area (Å²) in [5, 5.41) is 1.91. The van der Waals surface area contributed by atoms with Crippen LogP contribution < -0.4 is 4.74 Å². The fraction of sp³-hybridized carbons (Fsp3) is 0.125. The van der Waals surface area contributed by atoms with Crippen LogP contribution in [0.4, 0.5) is 4.39 Å². The van der Waals surface area contributed by atoms with Crippen LogP contribution in [0.2, 0.25) is 0 Å². The first-order valence-corrected chi connectivity index (χ1v) is 7.54. The highest BCUT2D eigenvalue weighted by molar-refractivity contribution is 7.13. The Labute approximate surface area is 135 Å². The molecule has 0 amide bonds. The first-order valence-electron chi connectivity index (χ1n) is 6.66. The summed E-state index contributed by atoms with van der Waals surface area (Å²) < 4.78 is 28.8. The van der Waals surface area contributed by atoms with Crippen molar-refractivity contribution >= 4 is 17.3 Å². The van der Waals surface area contributed by atoms with Gasteiger partial charge in [-0.3, -0.25) is 0 Å². The molecule has 2 aromatic heterocycles. The van der Waals surface area contributed by atoms with E-state index in [-0.39, 0.29) is 17.9 Å². The molecule has 7 heteroatoms. The lowest BCUT2D eigenvalue weighted by atomic mass is 10.2. The quantitative estimate of drug-likeness (QED) is 0.663. The number of aromatic nitrogens is 1. The predicted molar refractivity (Wildman–Crippen MR) is 81.9 cm³/mol. The third-order valence-electron chi connectivity index (χ3n) is 3.02. The Kier molecular flexibility index (Phi) is 4.38. The Morgan fingerprint density at radius 3 is 2.96 bits per heavy atom. The zero-order valence-corrected chi connectivity index (χ0v) is 12.9. The van der Waals surface area contributed by atoms with E-state index in [2.05, 4.69) is 4.98 Å². The van der Waals surface area contributed by atoms with Crippen molar-refractivity contribution in [2.45, 2.75) is 6.61 Å². The van der Waals surface area contributed by atoms with E-state index in [1.54, 1.807) is 0 Å². The van der Waals surface area contributed by atoms with Gasteiger partial charge in [-0.25, -0.2) is 14.2 Å². The van der Waals surface area contributed by atoms with Crippen LogP contribution in [0.15, 0.2) is 46.4 Å². The Morgan fingerprint density at radius 2 is 2.26 bits per heavy atom. The summed E-state index contributed by atoms with van der Waals surface area (Å²) in [5.41, 5.74) is 0.584. The molecule has 0 saturated heterocycles. The second-order valence-corrected chi connectivity index (χ2v) is 5.49. The van der Waals surface area contributed by atoms with E-state index in [9.17, 15) is 9.18 Å². The van der Waals surface area contributed by atoms with Crippen molar-refractivity contribution in [2.24, 2.45) is 0 Å². The van der Waals surface area contributed by atoms with Gasteiger partial charge in [-0.2, -0.15) is 0 Å². The lowest BCUT2D eigenvalue weighted by Gasteiger charge is -2.05. The molecule has 0 radical (unpaired) electrons. The van der Waals surface area contributed by atoms with Crippen molar-refractivity contribution in [1.82, 2.24) is 4.98 Å². The van der Waals surface area contributed by atoms with Crippen LogP contribution in [0.1, 0.15) is 16.1 Å². The second kappa shape index (κ2) is 6.62. The van der Waals surface area contributed by atoms with Gasteiger partial charge in [-0.15, -0.1) is 11.3 Å². The minimum absolute atomic E-state index is 0.0542. The third kappa shape index (κ3) is 3.40. The summed E-state index contributed by atoms with van der Waals surface area (Å²) in [6.45, 7) is -0.0542. The highest BCUT2D eigenvalue weighted by Crippen LogP contribution is 2.24. The number of carbonyl (C=O) groups excluding carboxylic acids is 1. The van der Waals surface area contributed by atoms with E-state index in [0.29, 0.717) is 11.6 Å². The molecule has 3 aromatic rings. The Balaban J connectivity index is 1.64. The average molecular weight is 333 g/mol. The van der Waals surface area contributed by atoms with Crippen LogP contribution in [0.3, 0.4) is 0 Å². The van der Waals surface area contributed by atoms with Gasteiger partial charge in [0.1, 0.15) is 18.6 Å². The molecule has 23 heavy (non-hydrogen) atoms. The summed E-state index contributed by atoms with van der Waals surface area (Å²) in [7, 11) is 1.35. The van der Waals surface area contributed by atoms with Gasteiger partial charge in [0.15, 0.2) is 11.6 Å². The van der Waals surface area contributed by atoms with Gasteiger partial charge in [0.05, 0.1) is 17.6 Å². The molecular formula is C16H12FNO4S. The molecule has 118 valence electrons. The van der Waals surface area contributed by atoms with Gasteiger partial charge in [0.2, 0.25) is 5.89 Å². The van der Waals surface area contributed by atoms with Gasteiger partial charge < -0.3 is 13.9 Å². The van der Waals surface area contributed by atoms with Crippen molar-refractivity contribution < 1.29 is 23.1 Å². The molecule has 2 heterocycles. The monoisotopic (exact) mass is 333 g/mol. The first-order chi connectivity index (χ1) is 11.2. The maximum absolute atomic E-state index is 13.6. The molecule has 0 spiro atoms. The van der Waals surface area contributed by atoms with E-state index >= 15 is 0 Å². The molecule has 0 aliphatic carbocycles. The molecule has 0 saturated carbocycles. The van der Waals surface area contributed by atoms with Crippen LogP contribution in [0.25, 0.3) is 10.8 Å². The van der Waals surface area contributed by atoms with E-state index < -0.39 is 11.8 Å². The van der Waals surface area contributed by atoms with Gasteiger partial charge in [0.25, 0.3) is 0 Å². The largest absolute Gasteiger partial charge is 0.494 e. The van der Waals surface area contributed by atoms with Gasteiger partial charge in [-0.1, -0.05) is 6.07 Å². The van der Waals surface area contributed by atoms with Crippen molar-refractivity contribution in [2.75, 3.05) is 7.11 Å². The smallest absolute Gasteiger partial charge is 0.338 e. The molecule has 0 aliphatic heterocycles. The summed E-state index contributed by atoms with van der Waals surface area (Å²) >= 11 is 1.50. The van der Waals surface area contributed by atoms with Crippen LogP contribution in [0, 0.1) is 5.82 Å². The Bertz CT molecular complexity index is 813. The van der Waals surface area contributed by atoms with E-state index in [1.165, 1.54) is 36.8 Å². The summed E-state index contributed by atoms with van der Waals surface area (Å²) in [4.78, 5) is 17.0. The SMILES string of the molecule is COc1ccc(C(=O)OCc2coc(-c3cccs3)n2)cc1F. The lowest BCUT2D eigenvalue weighted by molar-refractivity contribution is 0.0467. The molecule has 5 nitrogen and oxygen atoms in total. The molecule has 0 fully saturated rings. The maximum Gasteiger partial charge on any atom is 0.338 e. The van der Waals surface area contributed by atoms with Gasteiger partial charge >= 0.3 is 5.97 Å². The molecule has 0 aliphatic rings. The number of thiophene rings is 1. The zero-order valence-electron chi connectivity index (χ0n) is 12.1. The number of esters is 1. The highest BCUT2D eigenvalue weighted by Gasteiger charge is 2.13. The number of oxazole rings is 1. The minimum atomic E-state index is -0.646. The molecular weight excluding hydrogens is 321 g/mol. The van der Waals surface area contributed by atoms with Crippen molar-refractivity contribution in [1.29, 1.82) is 0 Å². The molecule has 0 bridgehead atoms. The summed E-state index contributed by atoms with van der Waals surface area (Å²) in [5.74, 6) is -0.726. The van der Waals surface area contributed by atoms with Crippen LogP contribution in [-0.4, -0.2) is 18.1 Å². The number of hydrogen-bond acceptors (Lipinski definition) is 6. The molecule has 0 N–H and O–H groups in total. The maximum atomic E-state index is 13.6. The van der Waals surface area contributed by atoms with Crippen LogP contribution in [-0.2, 0) is 11.3 Å². The topological polar surface area (TPSA) is 61.6 Å². The fourth-order valence-corrected chi connectivity index (χ4v) is 2.56. The van der Waals surface area contributed by atoms with Crippen molar-refractivity contribution in [3.63, 3.8) is 0 Å². The normalized spacial score (nSPS) is 10.5. The number of halogens is 1. The number of benzene rings is 1. The number of methoxy groups -OCH3 is 1. The lowest BCUT2D eigenvalue weighted by Crippen LogP contribution is -2.06. The van der Waals surface area contributed by atoms with E-state index in [4.69, 9.17) is 13.9 Å². The number of nitrogens with zero attached hydrogens (tertiary/aromatic N) is 1. The fourth-order valence-electron chi connectivity index (χ4n) is 1.90. The van der Waals surface area contributed by atoms with Crippen LogP contribution >= 0.6 is 11.3 Å². The zero-order chi connectivity index (χ0) is 16.2. The molecule has 0 unspecified atom stereocenters. The van der Waals surface area contributed by atoms with E-state index in [1.807, 2.05) is 17.5 Å². The Hall–Kier alpha value is -2.67. The molecule has 1 aromatic carbocycles. The molecule has 0 atom stereocenters. The summed E-state index contributed by atoms with van der Waals surface area (Å²) in [6.07, 6.45) is 1.43. The minimum Gasteiger partial charge on any atom is -0.494 e. The highest BCUT2D eigenvalue weighted by atomic mass is 32.1. The Morgan fingerprint density at radius 1 is 1.39 bits per heavy atom. The van der Waals surface area contributed by atoms with Crippen molar-refractivity contribution in [3.8, 4) is 16.5 Å². The number of rotatable bonds is 5. The average Bonchev–Trinajstić information content (AvgIpc) is 3.23. The standard InChI is InChI=1S/C16H12FNO4S/c1-20-13-5-4-10(7-12(13)17)16(19)22-9-11-8-21-15(18-11)14-3-2-6-23-14/h2-8H,9H2,1H3. The van der Waals surface area contributed by atoms with Crippen LogP contribution in [0.5, 0.6) is 5.75 Å². The second-order valence-electron chi connectivity index (χ2n) is 4.55. The van der Waals surface area contributed by atoms with Gasteiger partial charge in [0, 0.05) is 0 Å². The number of ether oxygens (including phenoxy) is 2. The summed E-state index contributed by atoms with van der Waals surface area (Å²) in [6, 6.07) is 7.65. The number of hydrogen-bond donors (Lipinski definition) is 0.